The molecule has 24 heavy (non-hydrogen) atoms. The Balaban J connectivity index is 1.86. The summed E-state index contributed by atoms with van der Waals surface area (Å²) in [6, 6.07) is 16.8. The van der Waals surface area contributed by atoms with E-state index >= 15 is 0 Å². The monoisotopic (exact) mass is 341 g/mol. The number of carbonyl (C=O) groups is 1. The van der Waals surface area contributed by atoms with Gasteiger partial charge in [0.15, 0.2) is 0 Å². The van der Waals surface area contributed by atoms with E-state index < -0.39 is 10.8 Å². The van der Waals surface area contributed by atoms with Gasteiger partial charge in [0, 0.05) is 34.2 Å². The highest BCUT2D eigenvalue weighted by Gasteiger charge is 2.04. The van der Waals surface area contributed by atoms with E-state index in [4.69, 9.17) is 5.26 Å². The maximum Gasteiger partial charge on any atom is 0.243 e. The molecule has 0 spiro atoms. The van der Waals surface area contributed by atoms with E-state index in [1.165, 1.54) is 0 Å². The lowest BCUT2D eigenvalue weighted by Crippen LogP contribution is -2.21. The van der Waals surface area contributed by atoms with Crippen molar-refractivity contribution in [2.45, 2.75) is 12.2 Å². The Morgan fingerprint density at radius 1 is 1.12 bits per heavy atom. The highest BCUT2D eigenvalue weighted by molar-refractivity contribution is 7.83. The minimum Gasteiger partial charge on any atom is -0.376 e. The van der Waals surface area contributed by atoms with Crippen LogP contribution in [0.5, 0.6) is 0 Å². The summed E-state index contributed by atoms with van der Waals surface area (Å²) in [4.78, 5) is 12.0. The molecule has 0 saturated heterocycles. The van der Waals surface area contributed by atoms with Crippen molar-refractivity contribution in [1.82, 2.24) is 0 Å². The number of nitriles is 1. The molecule has 0 aliphatic rings. The summed E-state index contributed by atoms with van der Waals surface area (Å²) in [7, 11) is -0.895. The quantitative estimate of drug-likeness (QED) is 0.811. The molecule has 2 aromatic rings. The van der Waals surface area contributed by atoms with Gasteiger partial charge in [-0.1, -0.05) is 24.3 Å². The van der Waals surface area contributed by atoms with Crippen molar-refractivity contribution in [1.29, 1.82) is 5.26 Å². The van der Waals surface area contributed by atoms with Crippen LogP contribution in [-0.4, -0.2) is 22.9 Å². The van der Waals surface area contributed by atoms with E-state index in [0.29, 0.717) is 17.9 Å². The molecule has 0 aliphatic heterocycles. The molecule has 2 N–H and O–H groups in total. The number of hydrogen-bond donors (Lipinski definition) is 2. The summed E-state index contributed by atoms with van der Waals surface area (Å²) < 4.78 is 11.3. The van der Waals surface area contributed by atoms with E-state index in [9.17, 15) is 9.00 Å². The molecular weight excluding hydrogens is 322 g/mol. The highest BCUT2D eigenvalue weighted by Crippen LogP contribution is 2.13. The Kier molecular flexibility index (Phi) is 6.52. The third-order valence-corrected chi connectivity index (χ3v) is 4.01. The van der Waals surface area contributed by atoms with E-state index in [0.717, 1.165) is 16.8 Å². The van der Waals surface area contributed by atoms with Crippen LogP contribution in [0.1, 0.15) is 11.1 Å². The van der Waals surface area contributed by atoms with Crippen LogP contribution in [0.15, 0.2) is 48.5 Å². The van der Waals surface area contributed by atoms with Gasteiger partial charge < -0.3 is 10.6 Å². The molecule has 5 nitrogen and oxygen atoms in total. The molecule has 0 saturated carbocycles. The third kappa shape index (κ3) is 5.86. The molecule has 0 aromatic heterocycles. The summed E-state index contributed by atoms with van der Waals surface area (Å²) in [6.07, 6.45) is 2.02. The number of benzene rings is 2. The van der Waals surface area contributed by atoms with Crippen LogP contribution in [0.25, 0.3) is 0 Å². The molecule has 2 rings (SSSR count). The number of rotatable bonds is 7. The second-order valence-corrected chi connectivity index (χ2v) is 6.79. The Hall–Kier alpha value is -2.65. The largest absolute Gasteiger partial charge is 0.376 e. The second-order valence-electron chi connectivity index (χ2n) is 5.35. The molecule has 124 valence electrons. The fourth-order valence-corrected chi connectivity index (χ4v) is 2.84. The molecule has 0 bridgehead atoms. The zero-order valence-electron chi connectivity index (χ0n) is 13.4. The number of nitrogens with one attached hydrogen (secondary N) is 2. The molecular formula is C18H19N3O2S. The second kappa shape index (κ2) is 8.85. The molecule has 2 aromatic carbocycles. The lowest BCUT2D eigenvalue weighted by Gasteiger charge is -2.09. The lowest BCUT2D eigenvalue weighted by molar-refractivity contribution is -0.114. The zero-order chi connectivity index (χ0) is 17.4. The van der Waals surface area contributed by atoms with Gasteiger partial charge in [-0.3, -0.25) is 9.00 Å². The minimum atomic E-state index is -0.895. The predicted molar refractivity (Wildman–Crippen MR) is 97.1 cm³/mol. The first-order chi connectivity index (χ1) is 11.6. The molecule has 6 heteroatoms. The van der Waals surface area contributed by atoms with E-state index in [1.807, 2.05) is 36.4 Å². The van der Waals surface area contributed by atoms with Crippen LogP contribution in [-0.2, 0) is 27.8 Å². The fourth-order valence-electron chi connectivity index (χ4n) is 2.19. The molecule has 1 atom stereocenters. The van der Waals surface area contributed by atoms with Crippen LogP contribution in [0.2, 0.25) is 0 Å². The Morgan fingerprint density at radius 2 is 1.88 bits per heavy atom. The van der Waals surface area contributed by atoms with Gasteiger partial charge in [-0.05, 0) is 35.4 Å². The van der Waals surface area contributed by atoms with Gasteiger partial charge in [-0.15, -0.1) is 0 Å². The molecule has 1 amide bonds. The van der Waals surface area contributed by atoms with Gasteiger partial charge in [-0.25, -0.2) is 0 Å². The maximum atomic E-state index is 12.0. The standard InChI is InChI=1S/C18H19N3O2S/c1-24(23)13-15-3-2-4-17(11-15)20-12-18(22)21-16-7-5-14(6-8-16)9-10-19/h2-8,11,20H,9,12-13H2,1H3,(H,21,22)/t24-/m1/s1. The van der Waals surface area contributed by atoms with Gasteiger partial charge in [-0.2, -0.15) is 5.26 Å². The molecule has 0 unspecified atom stereocenters. The van der Waals surface area contributed by atoms with Crippen LogP contribution in [0.3, 0.4) is 0 Å². The smallest absolute Gasteiger partial charge is 0.243 e. The number of nitrogens with zero attached hydrogens (tertiary/aromatic N) is 1. The normalized spacial score (nSPS) is 11.3. The Labute approximate surface area is 144 Å². The summed E-state index contributed by atoms with van der Waals surface area (Å²) in [6.45, 7) is 0.138. The Bertz CT molecular complexity index is 767. The SMILES string of the molecule is C[S@@](=O)Cc1cccc(NCC(=O)Nc2ccc(CC#N)cc2)c1. The third-order valence-electron chi connectivity index (χ3n) is 3.27. The summed E-state index contributed by atoms with van der Waals surface area (Å²) in [5.41, 5.74) is 3.39. The van der Waals surface area contributed by atoms with E-state index in [-0.39, 0.29) is 12.5 Å². The van der Waals surface area contributed by atoms with Crippen molar-refractivity contribution in [2.24, 2.45) is 0 Å². The summed E-state index contributed by atoms with van der Waals surface area (Å²) in [5.74, 6) is 0.337. The number of hydrogen-bond acceptors (Lipinski definition) is 4. The number of amides is 1. The van der Waals surface area contributed by atoms with Crippen molar-refractivity contribution in [3.8, 4) is 6.07 Å². The molecule has 0 radical (unpaired) electrons. The lowest BCUT2D eigenvalue weighted by atomic mass is 10.1. The maximum absolute atomic E-state index is 12.0. The first kappa shape index (κ1) is 17.7. The fraction of sp³-hybridized carbons (Fsp3) is 0.222. The van der Waals surface area contributed by atoms with Gasteiger partial charge in [0.05, 0.1) is 19.0 Å². The van der Waals surface area contributed by atoms with Crippen LogP contribution >= 0.6 is 0 Å². The molecule has 0 heterocycles. The predicted octanol–water partition coefficient (Wildman–Crippen LogP) is 2.68. The first-order valence-corrected chi connectivity index (χ1v) is 9.18. The summed E-state index contributed by atoms with van der Waals surface area (Å²) >= 11 is 0. The first-order valence-electron chi connectivity index (χ1n) is 7.45. The van der Waals surface area contributed by atoms with Crippen LogP contribution < -0.4 is 10.6 Å². The minimum absolute atomic E-state index is 0.138. The number of anilines is 2. The van der Waals surface area contributed by atoms with E-state index in [2.05, 4.69) is 16.7 Å². The van der Waals surface area contributed by atoms with Crippen molar-refractivity contribution in [3.05, 3.63) is 59.7 Å². The van der Waals surface area contributed by atoms with Crippen molar-refractivity contribution >= 4 is 28.1 Å². The Morgan fingerprint density at radius 3 is 2.54 bits per heavy atom. The molecule has 0 aliphatic carbocycles. The van der Waals surface area contributed by atoms with Gasteiger partial charge in [0.1, 0.15) is 0 Å². The average Bonchev–Trinajstić information content (AvgIpc) is 2.55. The van der Waals surface area contributed by atoms with Crippen LogP contribution in [0.4, 0.5) is 11.4 Å². The van der Waals surface area contributed by atoms with Gasteiger partial charge in [0.2, 0.25) is 5.91 Å². The van der Waals surface area contributed by atoms with Gasteiger partial charge >= 0.3 is 0 Å². The number of carbonyl (C=O) groups excluding carboxylic acids is 1. The van der Waals surface area contributed by atoms with Crippen molar-refractivity contribution in [3.63, 3.8) is 0 Å². The van der Waals surface area contributed by atoms with Crippen LogP contribution in [0, 0.1) is 11.3 Å². The zero-order valence-corrected chi connectivity index (χ0v) is 14.2. The van der Waals surface area contributed by atoms with Crippen molar-refractivity contribution in [2.75, 3.05) is 23.4 Å². The van der Waals surface area contributed by atoms with Crippen molar-refractivity contribution < 1.29 is 9.00 Å². The topological polar surface area (TPSA) is 82.0 Å². The highest BCUT2D eigenvalue weighted by atomic mass is 32.2. The molecule has 0 fully saturated rings. The average molecular weight is 341 g/mol. The summed E-state index contributed by atoms with van der Waals surface area (Å²) in [5, 5.41) is 14.5. The van der Waals surface area contributed by atoms with E-state index in [1.54, 1.807) is 18.4 Å². The van der Waals surface area contributed by atoms with Gasteiger partial charge in [0.25, 0.3) is 0 Å².